The van der Waals surface area contributed by atoms with Crippen LogP contribution in [0.25, 0.3) is 11.4 Å². The molecule has 25 heavy (non-hydrogen) atoms. The minimum Gasteiger partial charge on any atom is -0.507 e. The molecule has 0 unspecified atom stereocenters. The average molecular weight is 352 g/mol. The number of phenols is 1. The van der Waals surface area contributed by atoms with E-state index in [9.17, 15) is 5.11 Å². The van der Waals surface area contributed by atoms with E-state index < -0.39 is 0 Å². The number of hydrogen-bond acceptors (Lipinski definition) is 5. The fourth-order valence-corrected chi connectivity index (χ4v) is 3.33. The normalized spacial score (nSPS) is 11.3. The van der Waals surface area contributed by atoms with Gasteiger partial charge in [0.2, 0.25) is 0 Å². The summed E-state index contributed by atoms with van der Waals surface area (Å²) in [6.07, 6.45) is 4.30. The molecule has 0 radical (unpaired) electrons. The van der Waals surface area contributed by atoms with Gasteiger partial charge in [0.15, 0.2) is 5.82 Å². The molecule has 0 aliphatic heterocycles. The van der Waals surface area contributed by atoms with Gasteiger partial charge >= 0.3 is 0 Å². The fourth-order valence-electron chi connectivity index (χ4n) is 2.41. The van der Waals surface area contributed by atoms with Crippen molar-refractivity contribution in [2.24, 2.45) is 5.10 Å². The van der Waals surface area contributed by atoms with Crippen molar-refractivity contribution in [3.05, 3.63) is 59.9 Å². The summed E-state index contributed by atoms with van der Waals surface area (Å²) in [5, 5.41) is 22.4. The van der Waals surface area contributed by atoms with Gasteiger partial charge in [-0.1, -0.05) is 19.1 Å². The number of para-hydroxylation sites is 1. The van der Waals surface area contributed by atoms with Gasteiger partial charge in [-0.05, 0) is 55.0 Å². The van der Waals surface area contributed by atoms with Crippen molar-refractivity contribution in [1.29, 1.82) is 0 Å². The number of benzene rings is 2. The lowest BCUT2D eigenvalue weighted by atomic mass is 10.1. The van der Waals surface area contributed by atoms with Crippen molar-refractivity contribution < 1.29 is 5.11 Å². The van der Waals surface area contributed by atoms with Crippen LogP contribution in [0.4, 0.5) is 0 Å². The van der Waals surface area contributed by atoms with Crippen LogP contribution >= 0.6 is 11.8 Å². The minimum absolute atomic E-state index is 0.190. The number of thioether (sulfide) groups is 1. The third-order valence-electron chi connectivity index (χ3n) is 3.57. The number of rotatable bonds is 6. The van der Waals surface area contributed by atoms with Gasteiger partial charge in [0.05, 0.1) is 6.21 Å². The number of aromatic nitrogens is 3. The summed E-state index contributed by atoms with van der Waals surface area (Å²) < 4.78 is 1.62. The average Bonchev–Trinajstić information content (AvgIpc) is 3.07. The largest absolute Gasteiger partial charge is 0.507 e. The van der Waals surface area contributed by atoms with Crippen molar-refractivity contribution in [2.45, 2.75) is 25.2 Å². The molecule has 0 spiro atoms. The van der Waals surface area contributed by atoms with Crippen molar-refractivity contribution in [1.82, 2.24) is 14.9 Å². The first-order chi connectivity index (χ1) is 12.2. The molecule has 6 heteroatoms. The van der Waals surface area contributed by atoms with Crippen LogP contribution in [0.15, 0.2) is 58.8 Å². The molecule has 1 heterocycles. The summed E-state index contributed by atoms with van der Waals surface area (Å²) in [6.45, 7) is 4.25. The van der Waals surface area contributed by atoms with Crippen LogP contribution in [-0.2, 0) is 0 Å². The van der Waals surface area contributed by atoms with Crippen LogP contribution < -0.4 is 0 Å². The third kappa shape index (κ3) is 4.28. The first-order valence-corrected chi connectivity index (χ1v) is 9.13. The second kappa shape index (κ2) is 7.98. The van der Waals surface area contributed by atoms with Gasteiger partial charge in [-0.3, -0.25) is 0 Å². The molecule has 128 valence electrons. The predicted molar refractivity (Wildman–Crippen MR) is 102 cm³/mol. The molecule has 0 atom stereocenters. The predicted octanol–water partition coefficient (Wildman–Crippen LogP) is 4.34. The van der Waals surface area contributed by atoms with Crippen LogP contribution in [0.2, 0.25) is 0 Å². The van der Waals surface area contributed by atoms with Crippen LogP contribution in [0.5, 0.6) is 5.75 Å². The maximum Gasteiger partial charge on any atom is 0.184 e. The Morgan fingerprint density at radius 3 is 2.88 bits per heavy atom. The summed E-state index contributed by atoms with van der Waals surface area (Å²) in [6, 6.07) is 13.4. The molecule has 0 aliphatic rings. The number of nitrogens with zero attached hydrogens (tertiary/aromatic N) is 4. The highest BCUT2D eigenvalue weighted by molar-refractivity contribution is 7.99. The highest BCUT2D eigenvalue weighted by atomic mass is 32.2. The Bertz CT molecular complexity index is 889. The standard InChI is InChI=1S/C19H20N4OS/c1-3-8-25-17-10-14(2)9-16(11-17)19-22-20-13-23(19)21-12-15-6-4-5-7-18(15)24/h4-7,9-13,24H,3,8H2,1-2H3. The molecule has 1 N–H and O–H groups in total. The van der Waals surface area contributed by atoms with Crippen molar-refractivity contribution in [3.8, 4) is 17.1 Å². The van der Waals surface area contributed by atoms with Crippen LogP contribution in [-0.4, -0.2) is 31.9 Å². The van der Waals surface area contributed by atoms with Gasteiger partial charge in [0.25, 0.3) is 0 Å². The van der Waals surface area contributed by atoms with E-state index in [-0.39, 0.29) is 5.75 Å². The Morgan fingerprint density at radius 2 is 2.08 bits per heavy atom. The Kier molecular flexibility index (Phi) is 5.50. The van der Waals surface area contributed by atoms with E-state index in [1.54, 1.807) is 35.4 Å². The first-order valence-electron chi connectivity index (χ1n) is 8.14. The maximum atomic E-state index is 9.85. The molecule has 1 aromatic heterocycles. The molecule has 0 fully saturated rings. The first kappa shape index (κ1) is 17.2. The van der Waals surface area contributed by atoms with Gasteiger partial charge in [0.1, 0.15) is 12.1 Å². The lowest BCUT2D eigenvalue weighted by Crippen LogP contribution is -1.95. The molecule has 3 aromatic rings. The molecule has 0 saturated heterocycles. The number of hydrogen-bond donors (Lipinski definition) is 1. The van der Waals surface area contributed by atoms with E-state index >= 15 is 0 Å². The number of aryl methyl sites for hydroxylation is 1. The lowest BCUT2D eigenvalue weighted by Gasteiger charge is -2.07. The second-order valence-electron chi connectivity index (χ2n) is 5.69. The quantitative estimate of drug-likeness (QED) is 0.529. The Morgan fingerprint density at radius 1 is 1.24 bits per heavy atom. The van der Waals surface area contributed by atoms with E-state index in [1.165, 1.54) is 10.5 Å². The molecule has 0 amide bonds. The van der Waals surface area contributed by atoms with Crippen LogP contribution in [0.1, 0.15) is 24.5 Å². The van der Waals surface area contributed by atoms with Gasteiger partial charge < -0.3 is 5.11 Å². The van der Waals surface area contributed by atoms with Crippen LogP contribution in [0.3, 0.4) is 0 Å². The molecule has 0 aliphatic carbocycles. The number of phenolic OH excluding ortho intramolecular Hbond substituents is 1. The van der Waals surface area contributed by atoms with Gasteiger partial charge in [-0.25, -0.2) is 0 Å². The highest BCUT2D eigenvalue weighted by Gasteiger charge is 2.09. The third-order valence-corrected chi connectivity index (χ3v) is 4.75. The molecule has 2 aromatic carbocycles. The van der Waals surface area contributed by atoms with E-state index in [2.05, 4.69) is 47.3 Å². The Labute approximate surface area is 151 Å². The SMILES string of the molecule is CCCSc1cc(C)cc(-c2nncn2N=Cc2ccccc2O)c1. The number of aromatic hydroxyl groups is 1. The van der Waals surface area contributed by atoms with Gasteiger partial charge in [-0.2, -0.15) is 9.78 Å². The molecule has 5 nitrogen and oxygen atoms in total. The monoisotopic (exact) mass is 352 g/mol. The van der Waals surface area contributed by atoms with E-state index in [0.717, 1.165) is 17.7 Å². The maximum absolute atomic E-state index is 9.85. The molecule has 0 bridgehead atoms. The summed E-state index contributed by atoms with van der Waals surface area (Å²) >= 11 is 1.84. The zero-order valence-electron chi connectivity index (χ0n) is 14.3. The lowest BCUT2D eigenvalue weighted by molar-refractivity contribution is 0.474. The van der Waals surface area contributed by atoms with Gasteiger partial charge in [-0.15, -0.1) is 22.0 Å². The van der Waals surface area contributed by atoms with Crippen molar-refractivity contribution in [2.75, 3.05) is 5.75 Å². The minimum atomic E-state index is 0.190. The van der Waals surface area contributed by atoms with E-state index in [4.69, 9.17) is 0 Å². The summed E-state index contributed by atoms with van der Waals surface area (Å²) in [4.78, 5) is 1.22. The van der Waals surface area contributed by atoms with Crippen molar-refractivity contribution >= 4 is 18.0 Å². The van der Waals surface area contributed by atoms with E-state index in [1.807, 2.05) is 17.8 Å². The Balaban J connectivity index is 1.91. The smallest absolute Gasteiger partial charge is 0.184 e. The summed E-state index contributed by atoms with van der Waals surface area (Å²) in [5.41, 5.74) is 2.80. The fraction of sp³-hybridized carbons (Fsp3) is 0.211. The molecular formula is C19H20N4OS. The molecule has 0 saturated carbocycles. The summed E-state index contributed by atoms with van der Waals surface area (Å²) in [7, 11) is 0. The van der Waals surface area contributed by atoms with E-state index in [0.29, 0.717) is 11.4 Å². The van der Waals surface area contributed by atoms with Gasteiger partial charge in [0, 0.05) is 16.0 Å². The second-order valence-corrected chi connectivity index (χ2v) is 6.85. The van der Waals surface area contributed by atoms with Crippen LogP contribution in [0, 0.1) is 6.92 Å². The highest BCUT2D eigenvalue weighted by Crippen LogP contribution is 2.27. The zero-order chi connectivity index (χ0) is 17.6. The zero-order valence-corrected chi connectivity index (χ0v) is 15.1. The molecule has 3 rings (SSSR count). The summed E-state index contributed by atoms with van der Waals surface area (Å²) in [5.74, 6) is 1.95. The Hall–Kier alpha value is -2.60. The topological polar surface area (TPSA) is 63.3 Å². The molecular weight excluding hydrogens is 332 g/mol. The van der Waals surface area contributed by atoms with Crippen molar-refractivity contribution in [3.63, 3.8) is 0 Å².